The Bertz CT molecular complexity index is 1920. The molecule has 236 valence electrons. The van der Waals surface area contributed by atoms with Crippen molar-refractivity contribution in [1.29, 1.82) is 0 Å². The lowest BCUT2D eigenvalue weighted by molar-refractivity contribution is -0.122. The van der Waals surface area contributed by atoms with Gasteiger partial charge in [0.15, 0.2) is 11.5 Å². The molecular formula is C32H26ClN3O8S2. The molecule has 0 spiro atoms. The smallest absolute Gasteiger partial charge is 0.338 e. The number of thioether (sulfide) groups is 1. The third kappa shape index (κ3) is 5.65. The van der Waals surface area contributed by atoms with Crippen LogP contribution in [-0.2, 0) is 25.7 Å². The largest absolute Gasteiger partial charge is 0.504 e. The molecule has 1 saturated heterocycles. The second-order valence-electron chi connectivity index (χ2n) is 10.4. The molecule has 0 radical (unpaired) electrons. The number of hydrogen-bond acceptors (Lipinski definition) is 10. The summed E-state index contributed by atoms with van der Waals surface area (Å²) >= 11 is 7.92. The van der Waals surface area contributed by atoms with Crippen LogP contribution in [0.5, 0.6) is 11.5 Å². The van der Waals surface area contributed by atoms with Gasteiger partial charge >= 0.3 is 10.8 Å². The van der Waals surface area contributed by atoms with Crippen LogP contribution in [0.4, 0.5) is 11.4 Å². The molecule has 2 N–H and O–H groups in total. The zero-order chi connectivity index (χ0) is 32.7. The van der Waals surface area contributed by atoms with Crippen LogP contribution in [-0.4, -0.2) is 52.3 Å². The van der Waals surface area contributed by atoms with E-state index in [1.165, 1.54) is 42.0 Å². The van der Waals surface area contributed by atoms with E-state index in [4.69, 9.17) is 21.1 Å². The quantitative estimate of drug-likeness (QED) is 0.197. The Hall–Kier alpha value is -4.59. The Labute approximate surface area is 275 Å². The van der Waals surface area contributed by atoms with E-state index >= 15 is 0 Å². The molecule has 1 fully saturated rings. The van der Waals surface area contributed by atoms with Crippen molar-refractivity contribution < 1.29 is 33.8 Å². The molecule has 3 aromatic carbocycles. The molecule has 4 aromatic rings. The minimum atomic E-state index is -0.936. The number of carbonyl (C=O) groups excluding carboxylic acids is 4. The Balaban J connectivity index is 1.39. The molecule has 46 heavy (non-hydrogen) atoms. The summed E-state index contributed by atoms with van der Waals surface area (Å²) in [6, 6.07) is 17.1. The van der Waals surface area contributed by atoms with Gasteiger partial charge in [0.25, 0.3) is 0 Å². The number of nitrogens with one attached hydrogen (secondary N) is 1. The number of imide groups is 1. The molecule has 0 aliphatic carbocycles. The first-order valence-electron chi connectivity index (χ1n) is 14.1. The molecule has 11 nitrogen and oxygen atoms in total. The number of phenols is 1. The molecule has 2 aliphatic rings. The molecule has 1 aromatic heterocycles. The van der Waals surface area contributed by atoms with Crippen molar-refractivity contribution in [2.45, 2.75) is 29.7 Å². The number of halogens is 1. The number of fused-ring (bicyclic) bond motifs is 2. The van der Waals surface area contributed by atoms with Crippen LogP contribution in [0.1, 0.15) is 33.6 Å². The maximum absolute atomic E-state index is 14.1. The molecule has 0 bridgehead atoms. The maximum Gasteiger partial charge on any atom is 0.338 e. The average Bonchev–Trinajstić information content (AvgIpc) is 3.48. The number of phenolic OH excluding ortho intramolecular Hbond substituents is 1. The van der Waals surface area contributed by atoms with E-state index in [-0.39, 0.29) is 35.9 Å². The van der Waals surface area contributed by atoms with Gasteiger partial charge in [-0.25, -0.2) is 9.69 Å². The number of aromatic nitrogens is 1. The summed E-state index contributed by atoms with van der Waals surface area (Å²) in [6.07, 6.45) is 0. The number of amides is 3. The SMILES string of the molecule is CCOC(=O)c1ccc(N2C(=O)[C@@H]3[C@H](c4ccc(O)c(OC)c4)c4sc(=O)n(CC(=O)Nc5ccc(Cl)cc5)c4S[C@@H]3C2=O)cc1. The molecule has 2 aliphatic heterocycles. The number of esters is 1. The van der Waals surface area contributed by atoms with Crippen molar-refractivity contribution in [1.82, 2.24) is 4.57 Å². The summed E-state index contributed by atoms with van der Waals surface area (Å²) in [5.41, 5.74) is 1.59. The van der Waals surface area contributed by atoms with Gasteiger partial charge in [0.1, 0.15) is 11.8 Å². The third-order valence-electron chi connectivity index (χ3n) is 7.68. The zero-order valence-electron chi connectivity index (χ0n) is 24.4. The van der Waals surface area contributed by atoms with Crippen molar-refractivity contribution in [2.24, 2.45) is 5.92 Å². The zero-order valence-corrected chi connectivity index (χ0v) is 26.8. The number of anilines is 2. The minimum Gasteiger partial charge on any atom is -0.504 e. The van der Waals surface area contributed by atoms with Crippen molar-refractivity contribution in [3.05, 3.63) is 97.4 Å². The second kappa shape index (κ2) is 12.7. The summed E-state index contributed by atoms with van der Waals surface area (Å²) in [7, 11) is 1.39. The average molecular weight is 680 g/mol. The van der Waals surface area contributed by atoms with Gasteiger partial charge < -0.3 is 19.9 Å². The van der Waals surface area contributed by atoms with Crippen LogP contribution in [0.3, 0.4) is 0 Å². The number of carbonyl (C=O) groups is 4. The highest BCUT2D eigenvalue weighted by atomic mass is 35.5. The summed E-state index contributed by atoms with van der Waals surface area (Å²) in [5.74, 6) is -3.62. The molecule has 3 heterocycles. The van der Waals surface area contributed by atoms with E-state index in [1.54, 1.807) is 43.3 Å². The number of thiazole rings is 1. The van der Waals surface area contributed by atoms with E-state index in [0.29, 0.717) is 26.2 Å². The van der Waals surface area contributed by atoms with Gasteiger partial charge in [0.2, 0.25) is 17.7 Å². The van der Waals surface area contributed by atoms with E-state index < -0.39 is 45.6 Å². The molecule has 6 rings (SSSR count). The van der Waals surface area contributed by atoms with Gasteiger partial charge in [-0.05, 0) is 73.2 Å². The summed E-state index contributed by atoms with van der Waals surface area (Å²) in [4.78, 5) is 67.9. The molecule has 0 unspecified atom stereocenters. The Morgan fingerprint density at radius 3 is 2.39 bits per heavy atom. The van der Waals surface area contributed by atoms with Gasteiger partial charge in [-0.3, -0.25) is 23.7 Å². The van der Waals surface area contributed by atoms with E-state index in [1.807, 2.05) is 0 Å². The number of aromatic hydroxyl groups is 1. The van der Waals surface area contributed by atoms with E-state index in [0.717, 1.165) is 28.0 Å². The van der Waals surface area contributed by atoms with Gasteiger partial charge in [-0.2, -0.15) is 0 Å². The highest BCUT2D eigenvalue weighted by Gasteiger charge is 2.57. The van der Waals surface area contributed by atoms with Gasteiger partial charge in [0.05, 0.1) is 35.9 Å². The first-order valence-corrected chi connectivity index (χ1v) is 16.2. The van der Waals surface area contributed by atoms with Crippen LogP contribution in [0, 0.1) is 5.92 Å². The second-order valence-corrected chi connectivity index (χ2v) is 13.0. The summed E-state index contributed by atoms with van der Waals surface area (Å²) in [5, 5.41) is 13.0. The predicted octanol–water partition coefficient (Wildman–Crippen LogP) is 4.89. The molecular weight excluding hydrogens is 654 g/mol. The minimum absolute atomic E-state index is 0.116. The normalized spacial score (nSPS) is 18.6. The van der Waals surface area contributed by atoms with Crippen molar-refractivity contribution in [2.75, 3.05) is 23.9 Å². The number of nitrogens with zero attached hydrogens (tertiary/aromatic N) is 2. The standard InChI is InChI=1S/C32H26ClN3O8S2/c1-3-44-31(41)16-4-11-20(12-5-16)36-28(39)25-24(17-6-13-21(37)22(14-17)43-2)27-30(45-26(25)29(36)40)35(32(42)46-27)15-23(38)34-19-9-7-18(33)8-10-19/h4-14,24-26,37H,3,15H2,1-2H3,(H,34,38)/t24-,25+,26-/m0/s1. The van der Waals surface area contributed by atoms with Gasteiger partial charge in [-0.15, -0.1) is 0 Å². The van der Waals surface area contributed by atoms with Crippen molar-refractivity contribution in [3.8, 4) is 11.5 Å². The fourth-order valence-corrected chi connectivity index (χ4v) is 8.49. The van der Waals surface area contributed by atoms with Crippen LogP contribution in [0.2, 0.25) is 5.02 Å². The molecule has 3 atom stereocenters. The Kier molecular flexibility index (Phi) is 8.64. The predicted molar refractivity (Wildman–Crippen MR) is 173 cm³/mol. The number of methoxy groups -OCH3 is 1. The first-order chi connectivity index (χ1) is 22.1. The van der Waals surface area contributed by atoms with Crippen LogP contribution in [0.15, 0.2) is 76.6 Å². The Morgan fingerprint density at radius 1 is 1.00 bits per heavy atom. The lowest BCUT2D eigenvalue weighted by Gasteiger charge is -2.31. The number of rotatable bonds is 8. The topological polar surface area (TPSA) is 144 Å². The summed E-state index contributed by atoms with van der Waals surface area (Å²) < 4.78 is 11.7. The molecule has 0 saturated carbocycles. The third-order valence-corrected chi connectivity index (χ3v) is 10.5. The van der Waals surface area contributed by atoms with E-state index in [2.05, 4.69) is 5.32 Å². The number of ether oxygens (including phenoxy) is 2. The van der Waals surface area contributed by atoms with Crippen molar-refractivity contribution in [3.63, 3.8) is 0 Å². The lowest BCUT2D eigenvalue weighted by atomic mass is 9.83. The lowest BCUT2D eigenvalue weighted by Crippen LogP contribution is -2.33. The monoisotopic (exact) mass is 679 g/mol. The van der Waals surface area contributed by atoms with Crippen LogP contribution < -0.4 is 19.8 Å². The fourth-order valence-electron chi connectivity index (χ4n) is 5.59. The molecule has 14 heteroatoms. The van der Waals surface area contributed by atoms with Crippen LogP contribution in [0.25, 0.3) is 0 Å². The van der Waals surface area contributed by atoms with Crippen LogP contribution >= 0.6 is 34.7 Å². The Morgan fingerprint density at radius 2 is 1.72 bits per heavy atom. The van der Waals surface area contributed by atoms with Gasteiger partial charge in [-0.1, -0.05) is 40.8 Å². The van der Waals surface area contributed by atoms with Gasteiger partial charge in [0, 0.05) is 21.5 Å². The summed E-state index contributed by atoms with van der Waals surface area (Å²) in [6.45, 7) is 1.56. The number of benzene rings is 3. The first kappa shape index (κ1) is 31.4. The van der Waals surface area contributed by atoms with E-state index in [9.17, 15) is 29.1 Å². The highest BCUT2D eigenvalue weighted by molar-refractivity contribution is 8.00. The number of hydrogen-bond donors (Lipinski definition) is 2. The highest BCUT2D eigenvalue weighted by Crippen LogP contribution is 2.54. The maximum atomic E-state index is 14.1. The van der Waals surface area contributed by atoms with Crippen molar-refractivity contribution >= 4 is 69.8 Å². The molecule has 3 amide bonds. The fraction of sp³-hybridized carbons (Fsp3) is 0.219.